The zero-order valence-corrected chi connectivity index (χ0v) is 10.7. The Morgan fingerprint density at radius 3 is 2.53 bits per heavy atom. The van der Waals surface area contributed by atoms with Gasteiger partial charge in [-0.2, -0.15) is 0 Å². The Hall–Kier alpha value is -0.570. The standard InChI is InChI=1S/C14H25NO2/c15-10-14(9-13(16)17)7-6-11-4-2-1-3-5-12(11)8-14/h11-12H,1-10,15H2,(H,16,17)/t11?,12-,14+/m1/s1. The van der Waals surface area contributed by atoms with E-state index in [-0.39, 0.29) is 11.8 Å². The molecule has 0 aromatic rings. The summed E-state index contributed by atoms with van der Waals surface area (Å²) in [5.41, 5.74) is 5.78. The summed E-state index contributed by atoms with van der Waals surface area (Å²) in [6.45, 7) is 0.544. The number of carbonyl (C=O) groups is 1. The van der Waals surface area contributed by atoms with Crippen molar-refractivity contribution in [2.24, 2.45) is 23.0 Å². The summed E-state index contributed by atoms with van der Waals surface area (Å²) in [7, 11) is 0. The van der Waals surface area contributed by atoms with Crippen molar-refractivity contribution in [1.82, 2.24) is 0 Å². The molecule has 2 aliphatic carbocycles. The average Bonchev–Trinajstić information content (AvgIpc) is 2.52. The summed E-state index contributed by atoms with van der Waals surface area (Å²) in [4.78, 5) is 11.0. The van der Waals surface area contributed by atoms with Crippen molar-refractivity contribution in [1.29, 1.82) is 0 Å². The molecule has 0 heterocycles. The van der Waals surface area contributed by atoms with Crippen LogP contribution in [0.4, 0.5) is 0 Å². The highest BCUT2D eigenvalue weighted by molar-refractivity contribution is 5.67. The van der Waals surface area contributed by atoms with Gasteiger partial charge in [-0.1, -0.05) is 32.1 Å². The van der Waals surface area contributed by atoms with E-state index in [4.69, 9.17) is 10.8 Å². The Labute approximate surface area is 104 Å². The first-order valence-electron chi connectivity index (χ1n) is 7.07. The smallest absolute Gasteiger partial charge is 0.303 e. The minimum atomic E-state index is -0.678. The van der Waals surface area contributed by atoms with Crippen LogP contribution in [-0.2, 0) is 4.79 Å². The second kappa shape index (κ2) is 5.38. The largest absolute Gasteiger partial charge is 0.481 e. The molecule has 2 aliphatic rings. The van der Waals surface area contributed by atoms with Crippen molar-refractivity contribution in [2.75, 3.05) is 6.54 Å². The summed E-state index contributed by atoms with van der Waals surface area (Å²) in [6.07, 6.45) is 10.3. The molecule has 2 fully saturated rings. The van der Waals surface area contributed by atoms with Gasteiger partial charge in [0.05, 0.1) is 6.42 Å². The van der Waals surface area contributed by atoms with Crippen molar-refractivity contribution >= 4 is 5.97 Å². The second-order valence-electron chi connectivity index (χ2n) is 6.18. The number of rotatable bonds is 3. The first kappa shape index (κ1) is 12.9. The van der Waals surface area contributed by atoms with Crippen molar-refractivity contribution < 1.29 is 9.90 Å². The van der Waals surface area contributed by atoms with Crippen LogP contribution in [0.25, 0.3) is 0 Å². The van der Waals surface area contributed by atoms with Crippen molar-refractivity contribution in [3.05, 3.63) is 0 Å². The van der Waals surface area contributed by atoms with Gasteiger partial charge in [-0.25, -0.2) is 0 Å². The van der Waals surface area contributed by atoms with Crippen LogP contribution in [0.15, 0.2) is 0 Å². The highest BCUT2D eigenvalue weighted by atomic mass is 16.4. The van der Waals surface area contributed by atoms with Gasteiger partial charge in [-0.3, -0.25) is 4.79 Å². The molecular weight excluding hydrogens is 214 g/mol. The average molecular weight is 239 g/mol. The Morgan fingerprint density at radius 2 is 1.88 bits per heavy atom. The van der Waals surface area contributed by atoms with Gasteiger partial charge in [0, 0.05) is 0 Å². The maximum atomic E-state index is 11.0. The third-order valence-electron chi connectivity index (χ3n) is 5.02. The lowest BCUT2D eigenvalue weighted by Gasteiger charge is -2.43. The second-order valence-corrected chi connectivity index (χ2v) is 6.18. The van der Waals surface area contributed by atoms with Gasteiger partial charge in [0.2, 0.25) is 0 Å². The van der Waals surface area contributed by atoms with Gasteiger partial charge < -0.3 is 10.8 Å². The van der Waals surface area contributed by atoms with Crippen molar-refractivity contribution in [2.45, 2.75) is 57.8 Å². The quantitative estimate of drug-likeness (QED) is 0.796. The predicted octanol–water partition coefficient (Wildman–Crippen LogP) is 2.79. The Morgan fingerprint density at radius 1 is 1.18 bits per heavy atom. The summed E-state index contributed by atoms with van der Waals surface area (Å²) in [5.74, 6) is 0.919. The molecule has 2 saturated carbocycles. The minimum absolute atomic E-state index is 0.0999. The molecule has 0 bridgehead atoms. The molecule has 0 spiro atoms. The Bertz CT molecular complexity index is 279. The molecule has 98 valence electrons. The molecule has 3 nitrogen and oxygen atoms in total. The number of fused-ring (bicyclic) bond motifs is 1. The van der Waals surface area contributed by atoms with Crippen LogP contribution in [0.1, 0.15) is 57.8 Å². The molecule has 0 aromatic carbocycles. The Kier molecular flexibility index (Phi) is 4.08. The van der Waals surface area contributed by atoms with E-state index in [1.807, 2.05) is 0 Å². The van der Waals surface area contributed by atoms with Gasteiger partial charge in [0.15, 0.2) is 0 Å². The fraction of sp³-hybridized carbons (Fsp3) is 0.929. The molecule has 1 unspecified atom stereocenters. The number of hydrogen-bond acceptors (Lipinski definition) is 2. The first-order valence-corrected chi connectivity index (χ1v) is 7.07. The van der Waals surface area contributed by atoms with Gasteiger partial charge in [-0.15, -0.1) is 0 Å². The summed E-state index contributed by atoms with van der Waals surface area (Å²) in [5, 5.41) is 9.06. The normalized spacial score (nSPS) is 38.2. The van der Waals surface area contributed by atoms with Gasteiger partial charge >= 0.3 is 5.97 Å². The minimum Gasteiger partial charge on any atom is -0.481 e. The summed E-state index contributed by atoms with van der Waals surface area (Å²) >= 11 is 0. The van der Waals surface area contributed by atoms with Crippen molar-refractivity contribution in [3.8, 4) is 0 Å². The maximum absolute atomic E-state index is 11.0. The van der Waals surface area contributed by atoms with E-state index in [9.17, 15) is 4.79 Å². The van der Waals surface area contributed by atoms with Crippen LogP contribution >= 0.6 is 0 Å². The van der Waals surface area contributed by atoms with Gasteiger partial charge in [-0.05, 0) is 43.1 Å². The molecule has 0 aromatic heterocycles. The Balaban J connectivity index is 2.04. The highest BCUT2D eigenvalue weighted by Gasteiger charge is 2.41. The number of carboxylic acids is 1. The molecule has 2 rings (SSSR count). The molecule has 17 heavy (non-hydrogen) atoms. The van der Waals surface area contributed by atoms with E-state index in [0.29, 0.717) is 6.54 Å². The number of aliphatic carboxylic acids is 1. The van der Waals surface area contributed by atoms with Gasteiger partial charge in [0.1, 0.15) is 0 Å². The lowest BCUT2D eigenvalue weighted by atomic mass is 9.62. The lowest BCUT2D eigenvalue weighted by Crippen LogP contribution is -2.40. The predicted molar refractivity (Wildman–Crippen MR) is 67.7 cm³/mol. The molecular formula is C14H25NO2. The van der Waals surface area contributed by atoms with Gasteiger partial charge in [0.25, 0.3) is 0 Å². The topological polar surface area (TPSA) is 63.3 Å². The van der Waals surface area contributed by atoms with Crippen molar-refractivity contribution in [3.63, 3.8) is 0 Å². The molecule has 0 radical (unpaired) electrons. The lowest BCUT2D eigenvalue weighted by molar-refractivity contribution is -0.140. The van der Waals surface area contributed by atoms with E-state index >= 15 is 0 Å². The van der Waals surface area contributed by atoms with E-state index in [2.05, 4.69) is 0 Å². The molecule has 0 amide bonds. The zero-order valence-electron chi connectivity index (χ0n) is 10.7. The number of hydrogen-bond donors (Lipinski definition) is 2. The van der Waals surface area contributed by atoms with E-state index < -0.39 is 5.97 Å². The van der Waals surface area contributed by atoms with E-state index in [0.717, 1.165) is 24.7 Å². The SMILES string of the molecule is NC[C@@]1(CC(=O)O)CCC2CCCCC[C@@H]2C1. The van der Waals surface area contributed by atoms with Crippen LogP contribution in [0.2, 0.25) is 0 Å². The number of nitrogens with two attached hydrogens (primary N) is 1. The number of carboxylic acid groups (broad SMARTS) is 1. The first-order chi connectivity index (χ1) is 8.15. The maximum Gasteiger partial charge on any atom is 0.303 e. The van der Waals surface area contributed by atoms with Crippen LogP contribution in [-0.4, -0.2) is 17.6 Å². The molecule has 3 N–H and O–H groups in total. The fourth-order valence-electron chi connectivity index (χ4n) is 4.00. The van der Waals surface area contributed by atoms with E-state index in [1.165, 1.54) is 38.5 Å². The molecule has 3 atom stereocenters. The molecule has 0 aliphatic heterocycles. The van der Waals surface area contributed by atoms with Crippen LogP contribution < -0.4 is 5.73 Å². The van der Waals surface area contributed by atoms with Crippen LogP contribution in [0.5, 0.6) is 0 Å². The third-order valence-corrected chi connectivity index (χ3v) is 5.02. The fourth-order valence-corrected chi connectivity index (χ4v) is 4.00. The highest BCUT2D eigenvalue weighted by Crippen LogP contribution is 2.48. The summed E-state index contributed by atoms with van der Waals surface area (Å²) < 4.78 is 0. The third kappa shape index (κ3) is 3.01. The monoisotopic (exact) mass is 239 g/mol. The van der Waals surface area contributed by atoms with Crippen LogP contribution in [0, 0.1) is 17.3 Å². The molecule has 3 heteroatoms. The molecule has 0 saturated heterocycles. The zero-order chi connectivity index (χ0) is 12.3. The van der Waals surface area contributed by atoms with E-state index in [1.54, 1.807) is 0 Å². The summed E-state index contributed by atoms with van der Waals surface area (Å²) in [6, 6.07) is 0. The van der Waals surface area contributed by atoms with Crippen LogP contribution in [0.3, 0.4) is 0 Å².